The van der Waals surface area contributed by atoms with Gasteiger partial charge in [-0.05, 0) is 32.8 Å². The lowest BCUT2D eigenvalue weighted by Gasteiger charge is -2.14. The fourth-order valence-electron chi connectivity index (χ4n) is 1.99. The highest BCUT2D eigenvalue weighted by Gasteiger charge is 2.21. The average molecular weight is 263 g/mol. The molecule has 0 radical (unpaired) electrons. The van der Waals surface area contributed by atoms with Crippen molar-refractivity contribution in [2.24, 2.45) is 0 Å². The molecule has 0 aliphatic heterocycles. The van der Waals surface area contributed by atoms with E-state index in [1.54, 1.807) is 6.07 Å². The summed E-state index contributed by atoms with van der Waals surface area (Å²) >= 11 is 0. The molecule has 0 aliphatic carbocycles. The van der Waals surface area contributed by atoms with Gasteiger partial charge in [0.2, 0.25) is 5.91 Å². The third-order valence-corrected chi connectivity index (χ3v) is 2.85. The van der Waals surface area contributed by atoms with Gasteiger partial charge in [0.05, 0.1) is 5.92 Å². The molecule has 4 heteroatoms. The summed E-state index contributed by atoms with van der Waals surface area (Å²) in [5.74, 6) is -1.62. The fourth-order valence-corrected chi connectivity index (χ4v) is 1.99. The highest BCUT2D eigenvalue weighted by atomic mass is 16.4. The van der Waals surface area contributed by atoms with Crippen molar-refractivity contribution < 1.29 is 14.7 Å². The van der Waals surface area contributed by atoms with E-state index in [2.05, 4.69) is 5.32 Å². The monoisotopic (exact) mass is 263 g/mol. The van der Waals surface area contributed by atoms with Crippen LogP contribution in [0.1, 0.15) is 43.7 Å². The van der Waals surface area contributed by atoms with Crippen LogP contribution in [0.2, 0.25) is 0 Å². The van der Waals surface area contributed by atoms with Crippen LogP contribution in [0.25, 0.3) is 0 Å². The van der Waals surface area contributed by atoms with Gasteiger partial charge in [-0.1, -0.05) is 29.8 Å². The molecule has 0 bridgehead atoms. The third kappa shape index (κ3) is 5.12. The minimum absolute atomic E-state index is 0.0785. The molecule has 1 aromatic rings. The van der Waals surface area contributed by atoms with Gasteiger partial charge in [-0.25, -0.2) is 0 Å². The number of aliphatic carboxylic acids is 1. The molecule has 2 N–H and O–H groups in total. The van der Waals surface area contributed by atoms with Gasteiger partial charge in [0.25, 0.3) is 0 Å². The molecule has 1 amide bonds. The van der Waals surface area contributed by atoms with E-state index < -0.39 is 11.9 Å². The van der Waals surface area contributed by atoms with Crippen molar-refractivity contribution in [2.45, 2.75) is 45.6 Å². The van der Waals surface area contributed by atoms with Crippen molar-refractivity contribution in [1.82, 2.24) is 5.32 Å². The smallest absolute Gasteiger partial charge is 0.310 e. The van der Waals surface area contributed by atoms with Crippen molar-refractivity contribution in [3.05, 3.63) is 35.4 Å². The van der Waals surface area contributed by atoms with E-state index in [9.17, 15) is 14.7 Å². The maximum atomic E-state index is 11.6. The summed E-state index contributed by atoms with van der Waals surface area (Å²) in [7, 11) is 0. The number of carboxylic acid groups (broad SMARTS) is 1. The zero-order chi connectivity index (χ0) is 14.4. The predicted octanol–water partition coefficient (Wildman–Crippen LogP) is 2.47. The normalized spacial score (nSPS) is 12.2. The second-order valence-electron chi connectivity index (χ2n) is 5.07. The van der Waals surface area contributed by atoms with Crippen LogP contribution in [0.15, 0.2) is 24.3 Å². The number of hydrogen-bond acceptors (Lipinski definition) is 2. The zero-order valence-electron chi connectivity index (χ0n) is 11.6. The molecular formula is C15H21NO3. The summed E-state index contributed by atoms with van der Waals surface area (Å²) < 4.78 is 0. The van der Waals surface area contributed by atoms with Gasteiger partial charge in [-0.2, -0.15) is 0 Å². The number of carbonyl (C=O) groups excluding carboxylic acids is 1. The standard InChI is InChI=1S/C15H21NO3/c1-10(2)16-14(17)8-7-13(15(18)19)12-6-4-5-11(3)9-12/h4-6,9-10,13H,7-8H2,1-3H3,(H,16,17)(H,18,19). The van der Waals surface area contributed by atoms with Crippen LogP contribution in [0.3, 0.4) is 0 Å². The summed E-state index contributed by atoms with van der Waals surface area (Å²) in [5.41, 5.74) is 1.78. The third-order valence-electron chi connectivity index (χ3n) is 2.85. The number of hydrogen-bond donors (Lipinski definition) is 2. The van der Waals surface area contributed by atoms with Crippen LogP contribution in [0.5, 0.6) is 0 Å². The topological polar surface area (TPSA) is 66.4 Å². The number of carbonyl (C=O) groups is 2. The van der Waals surface area contributed by atoms with Crippen molar-refractivity contribution >= 4 is 11.9 Å². The first-order valence-electron chi connectivity index (χ1n) is 6.49. The molecule has 1 rings (SSSR count). The van der Waals surface area contributed by atoms with Gasteiger partial charge >= 0.3 is 5.97 Å². The second kappa shape index (κ2) is 6.92. The van der Waals surface area contributed by atoms with E-state index in [1.807, 2.05) is 39.0 Å². The largest absolute Gasteiger partial charge is 0.481 e. The number of rotatable bonds is 6. The Morgan fingerprint density at radius 1 is 1.32 bits per heavy atom. The minimum atomic E-state index is -0.886. The number of carboxylic acids is 1. The molecule has 104 valence electrons. The van der Waals surface area contributed by atoms with E-state index in [0.29, 0.717) is 6.42 Å². The Hall–Kier alpha value is -1.84. The fraction of sp³-hybridized carbons (Fsp3) is 0.467. The summed E-state index contributed by atoms with van der Waals surface area (Å²) in [6.45, 7) is 5.69. The van der Waals surface area contributed by atoms with Crippen LogP contribution in [0, 0.1) is 6.92 Å². The maximum absolute atomic E-state index is 11.6. The lowest BCUT2D eigenvalue weighted by atomic mass is 9.93. The number of aryl methyl sites for hydroxylation is 1. The van der Waals surface area contributed by atoms with Crippen molar-refractivity contribution in [1.29, 1.82) is 0 Å². The molecule has 0 aliphatic rings. The minimum Gasteiger partial charge on any atom is -0.481 e. The highest BCUT2D eigenvalue weighted by molar-refractivity contribution is 5.79. The SMILES string of the molecule is Cc1cccc(C(CCC(=O)NC(C)C)C(=O)O)c1. The van der Waals surface area contributed by atoms with Crippen LogP contribution in [-0.4, -0.2) is 23.0 Å². The van der Waals surface area contributed by atoms with E-state index >= 15 is 0 Å². The van der Waals surface area contributed by atoms with Gasteiger partial charge < -0.3 is 10.4 Å². The molecule has 0 saturated heterocycles. The Morgan fingerprint density at radius 3 is 2.53 bits per heavy atom. The molecule has 0 saturated carbocycles. The number of amides is 1. The van der Waals surface area contributed by atoms with Crippen molar-refractivity contribution in [2.75, 3.05) is 0 Å². The Balaban J connectivity index is 2.69. The van der Waals surface area contributed by atoms with Crippen molar-refractivity contribution in [3.63, 3.8) is 0 Å². The summed E-state index contributed by atoms with van der Waals surface area (Å²) in [5, 5.41) is 12.0. The van der Waals surface area contributed by atoms with Gasteiger partial charge in [0.1, 0.15) is 0 Å². The van der Waals surface area contributed by atoms with E-state index in [0.717, 1.165) is 11.1 Å². The lowest BCUT2D eigenvalue weighted by Crippen LogP contribution is -2.30. The number of benzene rings is 1. The maximum Gasteiger partial charge on any atom is 0.310 e. The van der Waals surface area contributed by atoms with Gasteiger partial charge in [-0.15, -0.1) is 0 Å². The van der Waals surface area contributed by atoms with Gasteiger partial charge in [0.15, 0.2) is 0 Å². The first-order chi connectivity index (χ1) is 8.90. The summed E-state index contributed by atoms with van der Waals surface area (Å²) in [6.07, 6.45) is 0.542. The zero-order valence-corrected chi connectivity index (χ0v) is 11.6. The quantitative estimate of drug-likeness (QED) is 0.828. The van der Waals surface area contributed by atoms with Crippen LogP contribution in [0.4, 0.5) is 0 Å². The Kier molecular flexibility index (Phi) is 5.55. The molecule has 0 aromatic heterocycles. The molecule has 1 unspecified atom stereocenters. The van der Waals surface area contributed by atoms with Crippen molar-refractivity contribution in [3.8, 4) is 0 Å². The van der Waals surface area contributed by atoms with E-state index in [4.69, 9.17) is 0 Å². The summed E-state index contributed by atoms with van der Waals surface area (Å²) in [4.78, 5) is 22.9. The second-order valence-corrected chi connectivity index (χ2v) is 5.07. The summed E-state index contributed by atoms with van der Waals surface area (Å²) in [6, 6.07) is 7.50. The lowest BCUT2D eigenvalue weighted by molar-refractivity contribution is -0.139. The Bertz CT molecular complexity index is 454. The molecule has 0 heterocycles. The molecule has 1 atom stereocenters. The van der Waals surface area contributed by atoms with Gasteiger partial charge in [0, 0.05) is 12.5 Å². The van der Waals surface area contributed by atoms with E-state index in [1.165, 1.54) is 0 Å². The Labute approximate surface area is 113 Å². The Morgan fingerprint density at radius 2 is 2.00 bits per heavy atom. The molecule has 1 aromatic carbocycles. The van der Waals surface area contributed by atoms with Crippen LogP contribution in [-0.2, 0) is 9.59 Å². The highest BCUT2D eigenvalue weighted by Crippen LogP contribution is 2.22. The van der Waals surface area contributed by atoms with Crippen LogP contribution >= 0.6 is 0 Å². The number of nitrogens with one attached hydrogen (secondary N) is 1. The molecule has 19 heavy (non-hydrogen) atoms. The molecule has 0 fully saturated rings. The predicted molar refractivity (Wildman–Crippen MR) is 74.1 cm³/mol. The molecule has 0 spiro atoms. The van der Waals surface area contributed by atoms with E-state index in [-0.39, 0.29) is 18.4 Å². The molecular weight excluding hydrogens is 242 g/mol. The first-order valence-corrected chi connectivity index (χ1v) is 6.49. The van der Waals surface area contributed by atoms with Gasteiger partial charge in [-0.3, -0.25) is 9.59 Å². The van der Waals surface area contributed by atoms with Crippen LogP contribution < -0.4 is 5.32 Å². The average Bonchev–Trinajstić information content (AvgIpc) is 2.27. The molecule has 4 nitrogen and oxygen atoms in total. The first kappa shape index (κ1) is 15.2.